The molecule has 3 rings (SSSR count). The lowest BCUT2D eigenvalue weighted by Crippen LogP contribution is -2.27. The Hall–Kier alpha value is -2.45. The van der Waals surface area contributed by atoms with E-state index in [0.717, 1.165) is 30.0 Å². The molecule has 25 heavy (non-hydrogen) atoms. The Kier molecular flexibility index (Phi) is 5.00. The molecule has 0 fully saturated rings. The molecule has 0 bridgehead atoms. The first kappa shape index (κ1) is 17.4. The molecule has 6 nitrogen and oxygen atoms in total. The highest BCUT2D eigenvalue weighted by atomic mass is 32.1. The maximum Gasteiger partial charge on any atom is 0.262 e. The zero-order chi connectivity index (χ0) is 18.0. The fourth-order valence-corrected chi connectivity index (χ4v) is 4.07. The monoisotopic (exact) mass is 363 g/mol. The van der Waals surface area contributed by atoms with Crippen molar-refractivity contribution in [1.29, 1.82) is 0 Å². The smallest absolute Gasteiger partial charge is 0.262 e. The fourth-order valence-electron chi connectivity index (χ4n) is 2.72. The van der Waals surface area contributed by atoms with Crippen LogP contribution in [0.5, 0.6) is 5.75 Å². The average molecular weight is 363 g/mol. The maximum absolute atomic E-state index is 12.9. The van der Waals surface area contributed by atoms with Gasteiger partial charge in [-0.15, -0.1) is 11.3 Å². The summed E-state index contributed by atoms with van der Waals surface area (Å²) in [5.41, 5.74) is 6.82. The van der Waals surface area contributed by atoms with Crippen molar-refractivity contribution in [1.82, 2.24) is 4.90 Å². The Morgan fingerprint density at radius 2 is 2.08 bits per heavy atom. The van der Waals surface area contributed by atoms with Gasteiger partial charge in [-0.2, -0.15) is 0 Å². The number of fused-ring (bicyclic) bond motifs is 1. The van der Waals surface area contributed by atoms with E-state index in [-0.39, 0.29) is 12.4 Å². The Morgan fingerprint density at radius 3 is 2.76 bits per heavy atom. The second-order valence-corrected chi connectivity index (χ2v) is 6.96. The zero-order valence-electron chi connectivity index (χ0n) is 13.7. The van der Waals surface area contributed by atoms with Crippen LogP contribution < -0.4 is 15.8 Å². The van der Waals surface area contributed by atoms with E-state index in [1.807, 2.05) is 7.05 Å². The van der Waals surface area contributed by atoms with Gasteiger partial charge in [0.05, 0.1) is 5.56 Å². The molecule has 1 aromatic heterocycles. The van der Waals surface area contributed by atoms with Crippen LogP contribution in [0.3, 0.4) is 0 Å². The number of benzene rings is 1. The van der Waals surface area contributed by atoms with Crippen LogP contribution in [0, 0.1) is 5.82 Å². The van der Waals surface area contributed by atoms with Crippen molar-refractivity contribution < 1.29 is 18.7 Å². The lowest BCUT2D eigenvalue weighted by Gasteiger charge is -2.22. The number of halogens is 1. The fraction of sp³-hybridized carbons (Fsp3) is 0.294. The van der Waals surface area contributed by atoms with Crippen LogP contribution in [-0.2, 0) is 17.8 Å². The average Bonchev–Trinajstić information content (AvgIpc) is 2.91. The first-order chi connectivity index (χ1) is 11.9. The molecular formula is C17H18FN3O3S. The van der Waals surface area contributed by atoms with Crippen LogP contribution in [-0.4, -0.2) is 36.9 Å². The second-order valence-electron chi connectivity index (χ2n) is 5.85. The number of primary amides is 1. The van der Waals surface area contributed by atoms with Crippen molar-refractivity contribution in [2.45, 2.75) is 13.0 Å². The van der Waals surface area contributed by atoms with Crippen LogP contribution >= 0.6 is 11.3 Å². The van der Waals surface area contributed by atoms with Gasteiger partial charge in [0.25, 0.3) is 11.8 Å². The van der Waals surface area contributed by atoms with Gasteiger partial charge in [0.15, 0.2) is 6.61 Å². The molecule has 8 heteroatoms. The highest BCUT2D eigenvalue weighted by molar-refractivity contribution is 7.17. The van der Waals surface area contributed by atoms with Gasteiger partial charge in [-0.3, -0.25) is 9.59 Å². The normalized spacial score (nSPS) is 14.0. The van der Waals surface area contributed by atoms with E-state index in [4.69, 9.17) is 10.5 Å². The number of nitrogens with zero attached hydrogens (tertiary/aromatic N) is 1. The number of ether oxygens (including phenoxy) is 1. The molecule has 2 heterocycles. The van der Waals surface area contributed by atoms with Gasteiger partial charge in [-0.05, 0) is 43.3 Å². The van der Waals surface area contributed by atoms with E-state index >= 15 is 0 Å². The SMILES string of the molecule is CN1CCc2c(sc(NC(=O)COc3ccc(F)cc3)c2C(N)=O)C1. The molecule has 1 aliphatic rings. The highest BCUT2D eigenvalue weighted by Crippen LogP contribution is 2.36. The summed E-state index contributed by atoms with van der Waals surface area (Å²) in [4.78, 5) is 27.1. The summed E-state index contributed by atoms with van der Waals surface area (Å²) >= 11 is 1.37. The minimum atomic E-state index is -0.545. The Labute approximate surface area is 148 Å². The predicted molar refractivity (Wildman–Crippen MR) is 93.4 cm³/mol. The van der Waals surface area contributed by atoms with Crippen LogP contribution in [0.2, 0.25) is 0 Å². The molecule has 2 amide bonds. The quantitative estimate of drug-likeness (QED) is 0.851. The first-order valence-electron chi connectivity index (χ1n) is 7.75. The van der Waals surface area contributed by atoms with Crippen molar-refractivity contribution in [3.8, 4) is 5.75 Å². The number of carbonyl (C=O) groups excluding carboxylic acids is 2. The van der Waals surface area contributed by atoms with E-state index in [9.17, 15) is 14.0 Å². The standard InChI is InChI=1S/C17H18FN3O3S/c1-21-7-6-12-13(8-21)25-17(15(12)16(19)23)20-14(22)9-24-11-4-2-10(18)3-5-11/h2-5H,6-9H2,1H3,(H2,19,23)(H,20,22). The number of amides is 2. The van der Waals surface area contributed by atoms with E-state index in [0.29, 0.717) is 16.3 Å². The molecule has 0 aliphatic carbocycles. The van der Waals surface area contributed by atoms with Gasteiger partial charge >= 0.3 is 0 Å². The van der Waals surface area contributed by atoms with E-state index in [2.05, 4.69) is 10.2 Å². The number of nitrogens with one attached hydrogen (secondary N) is 1. The molecule has 0 saturated heterocycles. The van der Waals surface area contributed by atoms with Gasteiger partial charge in [-0.25, -0.2) is 4.39 Å². The first-order valence-corrected chi connectivity index (χ1v) is 8.57. The van der Waals surface area contributed by atoms with Gasteiger partial charge in [0.2, 0.25) is 0 Å². The van der Waals surface area contributed by atoms with Gasteiger partial charge in [0.1, 0.15) is 16.6 Å². The predicted octanol–water partition coefficient (Wildman–Crippen LogP) is 1.99. The molecular weight excluding hydrogens is 345 g/mol. The second kappa shape index (κ2) is 7.20. The molecule has 0 unspecified atom stereocenters. The molecule has 3 N–H and O–H groups in total. The number of likely N-dealkylation sites (N-methyl/N-ethyl adjacent to an activating group) is 1. The largest absolute Gasteiger partial charge is 0.484 e. The molecule has 1 aliphatic heterocycles. The Balaban J connectivity index is 1.70. The van der Waals surface area contributed by atoms with Crippen LogP contribution in [0.1, 0.15) is 20.8 Å². The number of hydrogen-bond donors (Lipinski definition) is 2. The van der Waals surface area contributed by atoms with Gasteiger partial charge in [-0.1, -0.05) is 0 Å². The number of rotatable bonds is 5. The Bertz CT molecular complexity index is 804. The summed E-state index contributed by atoms with van der Waals surface area (Å²) in [6, 6.07) is 5.39. The number of nitrogens with two attached hydrogens (primary N) is 1. The summed E-state index contributed by atoms with van der Waals surface area (Å²) in [6.45, 7) is 1.32. The summed E-state index contributed by atoms with van der Waals surface area (Å²) in [7, 11) is 2.00. The summed E-state index contributed by atoms with van der Waals surface area (Å²) in [6.07, 6.45) is 0.725. The highest BCUT2D eigenvalue weighted by Gasteiger charge is 2.26. The third kappa shape index (κ3) is 3.97. The lowest BCUT2D eigenvalue weighted by molar-refractivity contribution is -0.118. The molecule has 0 atom stereocenters. The third-order valence-corrected chi connectivity index (χ3v) is 5.06. The van der Waals surface area contributed by atoms with E-state index < -0.39 is 11.8 Å². The zero-order valence-corrected chi connectivity index (χ0v) is 14.5. The van der Waals surface area contributed by atoms with Crippen molar-refractivity contribution in [2.75, 3.05) is 25.5 Å². The number of carbonyl (C=O) groups is 2. The maximum atomic E-state index is 12.9. The third-order valence-electron chi connectivity index (χ3n) is 3.93. The van der Waals surface area contributed by atoms with Crippen molar-refractivity contribution >= 4 is 28.2 Å². The number of hydrogen-bond acceptors (Lipinski definition) is 5. The number of thiophene rings is 1. The van der Waals surface area contributed by atoms with Crippen molar-refractivity contribution in [3.63, 3.8) is 0 Å². The molecule has 0 spiro atoms. The van der Waals surface area contributed by atoms with E-state index in [1.54, 1.807) is 0 Å². The topological polar surface area (TPSA) is 84.7 Å². The van der Waals surface area contributed by atoms with Crippen LogP contribution in [0.15, 0.2) is 24.3 Å². The van der Waals surface area contributed by atoms with E-state index in [1.165, 1.54) is 35.6 Å². The molecule has 0 radical (unpaired) electrons. The summed E-state index contributed by atoms with van der Waals surface area (Å²) in [5.74, 6) is -0.939. The minimum absolute atomic E-state index is 0.244. The molecule has 2 aromatic rings. The van der Waals surface area contributed by atoms with Gasteiger partial charge < -0.3 is 20.7 Å². The van der Waals surface area contributed by atoms with Crippen molar-refractivity contribution in [3.05, 3.63) is 46.1 Å². The molecule has 1 aromatic carbocycles. The van der Waals surface area contributed by atoms with Crippen LogP contribution in [0.4, 0.5) is 9.39 Å². The molecule has 132 valence electrons. The lowest BCUT2D eigenvalue weighted by atomic mass is 10.0. The number of anilines is 1. The Morgan fingerprint density at radius 1 is 1.36 bits per heavy atom. The van der Waals surface area contributed by atoms with Crippen LogP contribution in [0.25, 0.3) is 0 Å². The summed E-state index contributed by atoms with van der Waals surface area (Å²) in [5, 5.41) is 3.17. The van der Waals surface area contributed by atoms with Gasteiger partial charge in [0, 0.05) is 18.0 Å². The summed E-state index contributed by atoms with van der Waals surface area (Å²) < 4.78 is 18.2. The van der Waals surface area contributed by atoms with Crippen molar-refractivity contribution in [2.24, 2.45) is 5.73 Å². The molecule has 0 saturated carbocycles. The minimum Gasteiger partial charge on any atom is -0.484 e.